The first-order chi connectivity index (χ1) is 8.04. The molecule has 0 bridgehead atoms. The second kappa shape index (κ2) is 6.74. The van der Waals surface area contributed by atoms with Crippen LogP contribution in [0, 0.1) is 13.8 Å². The number of nitrogens with zero attached hydrogens (tertiary/aromatic N) is 2. The summed E-state index contributed by atoms with van der Waals surface area (Å²) in [6, 6.07) is 0. The third-order valence-electron chi connectivity index (χ3n) is 2.73. The Bertz CT molecular complexity index is 338. The molecule has 5 heteroatoms. The van der Waals surface area contributed by atoms with Crippen LogP contribution < -0.4 is 0 Å². The van der Waals surface area contributed by atoms with Crippen molar-refractivity contribution < 1.29 is 14.6 Å². The average molecular weight is 242 g/mol. The minimum absolute atomic E-state index is 0.000250. The quantitative estimate of drug-likeness (QED) is 0.772. The number of imidazole rings is 1. The fourth-order valence-electron chi connectivity index (χ4n) is 1.57. The van der Waals surface area contributed by atoms with E-state index < -0.39 is 6.10 Å². The van der Waals surface area contributed by atoms with E-state index in [0.717, 1.165) is 11.4 Å². The lowest BCUT2D eigenvalue weighted by Crippen LogP contribution is -2.26. The summed E-state index contributed by atoms with van der Waals surface area (Å²) in [7, 11) is 1.63. The van der Waals surface area contributed by atoms with E-state index in [1.165, 1.54) is 0 Å². The molecule has 0 aliphatic rings. The van der Waals surface area contributed by atoms with Crippen LogP contribution in [0.3, 0.4) is 0 Å². The first-order valence-electron chi connectivity index (χ1n) is 5.81. The van der Waals surface area contributed by atoms with Crippen molar-refractivity contribution in [3.63, 3.8) is 0 Å². The molecular weight excluding hydrogens is 220 g/mol. The highest BCUT2D eigenvalue weighted by Crippen LogP contribution is 2.05. The van der Waals surface area contributed by atoms with Gasteiger partial charge in [0.1, 0.15) is 0 Å². The number of rotatable bonds is 7. The van der Waals surface area contributed by atoms with Crippen LogP contribution in [0.5, 0.6) is 0 Å². The third-order valence-corrected chi connectivity index (χ3v) is 2.73. The molecule has 17 heavy (non-hydrogen) atoms. The van der Waals surface area contributed by atoms with Crippen molar-refractivity contribution in [2.75, 3.05) is 20.3 Å². The standard InChI is InChI=1S/C12H22N2O3/c1-9(6-16-4)17-7-12(15)5-14-8-13-10(2)11(14)3/h8-9,12,15H,5-7H2,1-4H3. The van der Waals surface area contributed by atoms with Crippen molar-refractivity contribution >= 4 is 0 Å². The molecule has 0 fully saturated rings. The summed E-state index contributed by atoms with van der Waals surface area (Å²) in [6.07, 6.45) is 1.22. The summed E-state index contributed by atoms with van der Waals surface area (Å²) in [5.41, 5.74) is 2.07. The lowest BCUT2D eigenvalue weighted by atomic mass is 10.3. The number of aryl methyl sites for hydroxylation is 1. The predicted molar refractivity (Wildman–Crippen MR) is 65.0 cm³/mol. The Morgan fingerprint density at radius 3 is 2.65 bits per heavy atom. The second-order valence-corrected chi connectivity index (χ2v) is 4.32. The van der Waals surface area contributed by atoms with Crippen molar-refractivity contribution in [2.45, 2.75) is 39.5 Å². The Morgan fingerprint density at radius 2 is 2.12 bits per heavy atom. The van der Waals surface area contributed by atoms with E-state index in [4.69, 9.17) is 9.47 Å². The Kier molecular flexibility index (Phi) is 5.61. The van der Waals surface area contributed by atoms with Crippen LogP contribution in [0.15, 0.2) is 6.33 Å². The Morgan fingerprint density at radius 1 is 1.41 bits per heavy atom. The van der Waals surface area contributed by atoms with E-state index >= 15 is 0 Å². The van der Waals surface area contributed by atoms with Crippen molar-refractivity contribution in [2.24, 2.45) is 0 Å². The van der Waals surface area contributed by atoms with Crippen LogP contribution in [0.2, 0.25) is 0 Å². The molecule has 1 N–H and O–H groups in total. The van der Waals surface area contributed by atoms with Gasteiger partial charge >= 0.3 is 0 Å². The van der Waals surface area contributed by atoms with Gasteiger partial charge in [-0.3, -0.25) is 0 Å². The Labute approximate surface area is 102 Å². The van der Waals surface area contributed by atoms with Crippen molar-refractivity contribution in [1.29, 1.82) is 0 Å². The fourth-order valence-corrected chi connectivity index (χ4v) is 1.57. The molecule has 2 unspecified atom stereocenters. The molecule has 0 spiro atoms. The van der Waals surface area contributed by atoms with Crippen LogP contribution >= 0.6 is 0 Å². The second-order valence-electron chi connectivity index (χ2n) is 4.32. The molecule has 1 rings (SSSR count). The Hall–Kier alpha value is -0.910. The zero-order valence-corrected chi connectivity index (χ0v) is 11.0. The Balaban J connectivity index is 2.34. The molecule has 0 amide bonds. The number of aliphatic hydroxyl groups excluding tert-OH is 1. The highest BCUT2D eigenvalue weighted by Gasteiger charge is 2.10. The SMILES string of the molecule is COCC(C)OCC(O)Cn1cnc(C)c1C. The van der Waals surface area contributed by atoms with Crippen LogP contribution in [-0.4, -0.2) is 47.2 Å². The van der Waals surface area contributed by atoms with E-state index in [2.05, 4.69) is 4.98 Å². The monoisotopic (exact) mass is 242 g/mol. The van der Waals surface area contributed by atoms with Crippen LogP contribution in [-0.2, 0) is 16.0 Å². The summed E-state index contributed by atoms with van der Waals surface area (Å²) in [5.74, 6) is 0. The zero-order valence-electron chi connectivity index (χ0n) is 11.0. The van der Waals surface area contributed by atoms with Gasteiger partial charge in [0.25, 0.3) is 0 Å². The lowest BCUT2D eigenvalue weighted by molar-refractivity contribution is -0.0357. The smallest absolute Gasteiger partial charge is 0.0952 e. The molecule has 0 aromatic carbocycles. The van der Waals surface area contributed by atoms with Crippen LogP contribution in [0.25, 0.3) is 0 Å². The molecule has 0 saturated carbocycles. The van der Waals surface area contributed by atoms with Gasteiger partial charge in [0.05, 0.1) is 44.0 Å². The first kappa shape index (κ1) is 14.2. The number of aromatic nitrogens is 2. The molecular formula is C12H22N2O3. The maximum atomic E-state index is 9.84. The first-order valence-corrected chi connectivity index (χ1v) is 5.81. The minimum atomic E-state index is -0.526. The highest BCUT2D eigenvalue weighted by molar-refractivity contribution is 5.08. The summed E-state index contributed by atoms with van der Waals surface area (Å²) in [5, 5.41) is 9.84. The molecule has 98 valence electrons. The third kappa shape index (κ3) is 4.46. The van der Waals surface area contributed by atoms with Crippen molar-refractivity contribution in [3.8, 4) is 0 Å². The minimum Gasteiger partial charge on any atom is -0.389 e. The molecule has 0 aliphatic heterocycles. The molecule has 1 aromatic rings. The highest BCUT2D eigenvalue weighted by atomic mass is 16.5. The summed E-state index contributed by atoms with van der Waals surface area (Å²) in [4.78, 5) is 4.18. The van der Waals surface area contributed by atoms with Gasteiger partial charge in [-0.25, -0.2) is 4.98 Å². The summed E-state index contributed by atoms with van der Waals surface area (Å²) < 4.78 is 12.3. The van der Waals surface area contributed by atoms with Crippen molar-refractivity contribution in [3.05, 3.63) is 17.7 Å². The zero-order chi connectivity index (χ0) is 12.8. The van der Waals surface area contributed by atoms with Gasteiger partial charge in [0.15, 0.2) is 0 Å². The van der Waals surface area contributed by atoms with Crippen LogP contribution in [0.1, 0.15) is 18.3 Å². The van der Waals surface area contributed by atoms with Gasteiger partial charge in [-0.2, -0.15) is 0 Å². The molecule has 2 atom stereocenters. The van der Waals surface area contributed by atoms with Gasteiger partial charge in [-0.15, -0.1) is 0 Å². The fraction of sp³-hybridized carbons (Fsp3) is 0.750. The average Bonchev–Trinajstić information content (AvgIpc) is 2.59. The van der Waals surface area contributed by atoms with E-state index in [9.17, 15) is 5.11 Å². The van der Waals surface area contributed by atoms with Gasteiger partial charge in [-0.1, -0.05) is 0 Å². The molecule has 0 radical (unpaired) electrons. The topological polar surface area (TPSA) is 56.5 Å². The predicted octanol–water partition coefficient (Wildman–Crippen LogP) is 0.912. The van der Waals surface area contributed by atoms with Gasteiger partial charge in [0, 0.05) is 12.8 Å². The molecule has 0 aliphatic carbocycles. The maximum absolute atomic E-state index is 9.84. The van der Waals surface area contributed by atoms with E-state index in [-0.39, 0.29) is 6.10 Å². The van der Waals surface area contributed by atoms with Gasteiger partial charge in [0.2, 0.25) is 0 Å². The van der Waals surface area contributed by atoms with Gasteiger partial charge < -0.3 is 19.1 Å². The number of methoxy groups -OCH3 is 1. The number of aliphatic hydroxyl groups is 1. The normalized spacial score (nSPS) is 14.9. The van der Waals surface area contributed by atoms with Crippen LogP contribution in [0.4, 0.5) is 0 Å². The molecule has 0 saturated heterocycles. The van der Waals surface area contributed by atoms with Gasteiger partial charge in [-0.05, 0) is 20.8 Å². The lowest BCUT2D eigenvalue weighted by Gasteiger charge is -2.16. The molecule has 1 aromatic heterocycles. The number of hydrogen-bond donors (Lipinski definition) is 1. The molecule has 1 heterocycles. The van der Waals surface area contributed by atoms with E-state index in [1.807, 2.05) is 25.3 Å². The largest absolute Gasteiger partial charge is 0.389 e. The summed E-state index contributed by atoms with van der Waals surface area (Å²) in [6.45, 7) is 7.21. The number of ether oxygens (including phenoxy) is 2. The summed E-state index contributed by atoms with van der Waals surface area (Å²) >= 11 is 0. The van der Waals surface area contributed by atoms with E-state index in [0.29, 0.717) is 19.8 Å². The maximum Gasteiger partial charge on any atom is 0.0952 e. The molecule has 5 nitrogen and oxygen atoms in total. The van der Waals surface area contributed by atoms with Crippen molar-refractivity contribution in [1.82, 2.24) is 9.55 Å². The number of hydrogen-bond acceptors (Lipinski definition) is 4. The van der Waals surface area contributed by atoms with E-state index in [1.54, 1.807) is 13.4 Å².